The third-order valence-corrected chi connectivity index (χ3v) is 5.82. The molecule has 1 N–H and O–H groups in total. The summed E-state index contributed by atoms with van der Waals surface area (Å²) >= 11 is 0. The van der Waals surface area contributed by atoms with Gasteiger partial charge in [-0.05, 0) is 23.3 Å². The van der Waals surface area contributed by atoms with Crippen LogP contribution >= 0.6 is 0 Å². The maximum absolute atomic E-state index is 13.4. The summed E-state index contributed by atoms with van der Waals surface area (Å²) < 4.78 is 6.07. The number of hydrogen-bond donors (Lipinski definition) is 1. The monoisotopic (exact) mass is 380 g/mol. The van der Waals surface area contributed by atoms with E-state index in [0.29, 0.717) is 22.5 Å². The lowest BCUT2D eigenvalue weighted by atomic mass is 9.81. The van der Waals surface area contributed by atoms with Crippen molar-refractivity contribution >= 4 is 27.9 Å². The summed E-state index contributed by atoms with van der Waals surface area (Å²) in [7, 11) is 0. The van der Waals surface area contributed by atoms with Gasteiger partial charge in [-0.25, -0.2) is 0 Å². The molecule has 5 rings (SSSR count). The minimum Gasteiger partial charge on any atom is -0.458 e. The van der Waals surface area contributed by atoms with Gasteiger partial charge in [0.05, 0.1) is 5.92 Å². The molecule has 3 nitrogen and oxygen atoms in total. The van der Waals surface area contributed by atoms with Gasteiger partial charge in [0.1, 0.15) is 11.3 Å². The number of aliphatic hydroxyl groups is 1. The van der Waals surface area contributed by atoms with E-state index in [2.05, 4.69) is 0 Å². The van der Waals surface area contributed by atoms with Crippen LogP contribution in [0.25, 0.3) is 22.1 Å². The fraction of sp³-hybridized carbons (Fsp3) is 0.115. The second-order valence-corrected chi connectivity index (χ2v) is 7.48. The van der Waals surface area contributed by atoms with E-state index in [1.54, 1.807) is 6.92 Å². The number of ketones is 1. The Morgan fingerprint density at radius 3 is 2.07 bits per heavy atom. The molecule has 0 bridgehead atoms. The van der Waals surface area contributed by atoms with Crippen LogP contribution in [0.15, 0.2) is 95.4 Å². The summed E-state index contributed by atoms with van der Waals surface area (Å²) in [6, 6.07) is 28.6. The third-order valence-electron chi connectivity index (χ3n) is 5.82. The van der Waals surface area contributed by atoms with Gasteiger partial charge in [0.15, 0.2) is 11.4 Å². The van der Waals surface area contributed by atoms with Crippen LogP contribution in [-0.2, 0) is 10.4 Å². The van der Waals surface area contributed by atoms with Crippen molar-refractivity contribution < 1.29 is 14.3 Å². The lowest BCUT2D eigenvalue weighted by Gasteiger charge is -2.28. The Balaban J connectivity index is 1.83. The highest BCUT2D eigenvalue weighted by Gasteiger charge is 2.54. The van der Waals surface area contributed by atoms with Crippen LogP contribution in [0.1, 0.15) is 23.8 Å². The zero-order chi connectivity index (χ0) is 20.0. The Morgan fingerprint density at radius 2 is 1.41 bits per heavy atom. The number of benzene rings is 3. The number of allylic oxidation sites excluding steroid dienone is 1. The first kappa shape index (κ1) is 17.7. The molecule has 29 heavy (non-hydrogen) atoms. The number of fused-ring (bicyclic) bond motifs is 1. The van der Waals surface area contributed by atoms with Crippen LogP contribution in [0, 0.1) is 5.92 Å². The molecule has 142 valence electrons. The smallest absolute Gasteiger partial charge is 0.170 e. The van der Waals surface area contributed by atoms with Crippen molar-refractivity contribution in [3.63, 3.8) is 0 Å². The minimum atomic E-state index is -1.55. The predicted octanol–water partition coefficient (Wildman–Crippen LogP) is 5.45. The first-order valence-corrected chi connectivity index (χ1v) is 9.72. The molecule has 0 saturated heterocycles. The second kappa shape index (κ2) is 6.57. The van der Waals surface area contributed by atoms with Crippen molar-refractivity contribution in [2.45, 2.75) is 12.5 Å². The molecule has 3 heteroatoms. The Morgan fingerprint density at radius 1 is 0.828 bits per heavy atom. The number of carbonyl (C=O) groups is 1. The summed E-state index contributed by atoms with van der Waals surface area (Å²) in [6.45, 7) is 1.77. The van der Waals surface area contributed by atoms with Gasteiger partial charge >= 0.3 is 0 Å². The van der Waals surface area contributed by atoms with Crippen LogP contribution in [-0.4, -0.2) is 10.9 Å². The molecular weight excluding hydrogens is 360 g/mol. The minimum absolute atomic E-state index is 0.0852. The topological polar surface area (TPSA) is 50.4 Å². The fourth-order valence-corrected chi connectivity index (χ4v) is 4.30. The average Bonchev–Trinajstić information content (AvgIpc) is 3.29. The molecule has 0 amide bonds. The molecule has 1 aliphatic carbocycles. The van der Waals surface area contributed by atoms with Gasteiger partial charge in [-0.2, -0.15) is 0 Å². The van der Waals surface area contributed by atoms with E-state index in [-0.39, 0.29) is 5.78 Å². The molecule has 2 atom stereocenters. The van der Waals surface area contributed by atoms with Crippen molar-refractivity contribution in [3.8, 4) is 0 Å². The van der Waals surface area contributed by atoms with E-state index in [9.17, 15) is 9.90 Å². The molecule has 3 aromatic carbocycles. The molecule has 0 aliphatic heterocycles. The molecule has 0 radical (unpaired) electrons. The maximum atomic E-state index is 13.4. The van der Waals surface area contributed by atoms with Crippen molar-refractivity contribution in [1.82, 2.24) is 0 Å². The van der Waals surface area contributed by atoms with Crippen LogP contribution in [0.5, 0.6) is 0 Å². The highest BCUT2D eigenvalue weighted by Crippen LogP contribution is 2.53. The van der Waals surface area contributed by atoms with Crippen molar-refractivity contribution in [3.05, 3.63) is 108 Å². The van der Waals surface area contributed by atoms with Gasteiger partial charge < -0.3 is 9.52 Å². The van der Waals surface area contributed by atoms with Gasteiger partial charge in [0.25, 0.3) is 0 Å². The normalized spacial score (nSPS) is 21.9. The summed E-state index contributed by atoms with van der Waals surface area (Å²) in [5.41, 5.74) is 1.90. The van der Waals surface area contributed by atoms with Crippen molar-refractivity contribution in [2.75, 3.05) is 0 Å². The van der Waals surface area contributed by atoms with E-state index in [1.165, 1.54) is 0 Å². The van der Waals surface area contributed by atoms with E-state index < -0.39 is 11.5 Å². The Kier molecular flexibility index (Phi) is 4.00. The van der Waals surface area contributed by atoms with Gasteiger partial charge in [-0.15, -0.1) is 0 Å². The molecule has 1 heterocycles. The highest BCUT2D eigenvalue weighted by molar-refractivity contribution is 6.33. The van der Waals surface area contributed by atoms with E-state index in [0.717, 1.165) is 16.5 Å². The van der Waals surface area contributed by atoms with Gasteiger partial charge in [-0.3, -0.25) is 4.79 Å². The lowest BCUT2D eigenvalue weighted by molar-refractivity contribution is -0.121. The number of hydrogen-bond acceptors (Lipinski definition) is 3. The maximum Gasteiger partial charge on any atom is 0.170 e. The van der Waals surface area contributed by atoms with Gasteiger partial charge in [0.2, 0.25) is 0 Å². The Labute approximate surface area is 168 Å². The Hall–Kier alpha value is -3.43. The molecular formula is C26H20O3. The van der Waals surface area contributed by atoms with Crippen LogP contribution in [0.3, 0.4) is 0 Å². The second-order valence-electron chi connectivity index (χ2n) is 7.48. The van der Waals surface area contributed by atoms with E-state index >= 15 is 0 Å². The molecule has 0 fully saturated rings. The van der Waals surface area contributed by atoms with Crippen molar-refractivity contribution in [2.24, 2.45) is 5.92 Å². The van der Waals surface area contributed by atoms with Crippen LogP contribution in [0.2, 0.25) is 0 Å². The number of furan rings is 1. The van der Waals surface area contributed by atoms with E-state index in [4.69, 9.17) is 4.42 Å². The summed E-state index contributed by atoms with van der Waals surface area (Å²) in [5, 5.41) is 13.0. The third kappa shape index (κ3) is 2.59. The van der Waals surface area contributed by atoms with Crippen molar-refractivity contribution in [1.29, 1.82) is 0 Å². The summed E-state index contributed by atoms with van der Waals surface area (Å²) in [6.07, 6.45) is 0. The predicted molar refractivity (Wildman–Crippen MR) is 114 cm³/mol. The number of carbonyl (C=O) groups excluding carboxylic acids is 1. The SMILES string of the molecule is CC1C(=O)C(c2ccccc2)=C(c2ccccc2)C1(O)c1cc2ccccc2o1. The fourth-order valence-electron chi connectivity index (χ4n) is 4.30. The van der Waals surface area contributed by atoms with Crippen LogP contribution in [0.4, 0.5) is 0 Å². The zero-order valence-corrected chi connectivity index (χ0v) is 16.0. The first-order chi connectivity index (χ1) is 14.1. The molecule has 0 spiro atoms. The quantitative estimate of drug-likeness (QED) is 0.514. The summed E-state index contributed by atoms with van der Waals surface area (Å²) in [4.78, 5) is 13.4. The van der Waals surface area contributed by atoms with Gasteiger partial charge in [0, 0.05) is 16.5 Å². The first-order valence-electron chi connectivity index (χ1n) is 9.72. The van der Waals surface area contributed by atoms with Gasteiger partial charge in [-0.1, -0.05) is 85.8 Å². The number of rotatable bonds is 3. The molecule has 4 aromatic rings. The highest BCUT2D eigenvalue weighted by atomic mass is 16.4. The largest absolute Gasteiger partial charge is 0.458 e. The lowest BCUT2D eigenvalue weighted by Crippen LogP contribution is -2.33. The molecule has 2 unspecified atom stereocenters. The Bertz CT molecular complexity index is 1200. The van der Waals surface area contributed by atoms with Crippen LogP contribution < -0.4 is 0 Å². The zero-order valence-electron chi connectivity index (χ0n) is 16.0. The average molecular weight is 380 g/mol. The number of para-hydroxylation sites is 1. The number of Topliss-reactive ketones (excluding diaryl/α,β-unsaturated/α-hetero) is 1. The molecule has 0 saturated carbocycles. The molecule has 1 aromatic heterocycles. The van der Waals surface area contributed by atoms with E-state index in [1.807, 2.05) is 91.0 Å². The standard InChI is InChI=1S/C26H20O3/c1-17-25(27)23(18-10-4-2-5-11-18)24(19-12-6-3-7-13-19)26(17,28)22-16-20-14-8-9-15-21(20)29-22/h2-17,28H,1H3. The molecule has 1 aliphatic rings. The summed E-state index contributed by atoms with van der Waals surface area (Å²) in [5.74, 6) is -0.365.